The normalized spacial score (nSPS) is 12.5. The lowest BCUT2D eigenvalue weighted by Crippen LogP contribution is -2.30. The number of nitro benzene ring substituents is 1. The average molecular weight is 369 g/mol. The number of aromatic nitrogens is 1. The Morgan fingerprint density at radius 3 is 2.23 bits per heavy atom. The second-order valence-corrected chi connectivity index (χ2v) is 7.13. The minimum atomic E-state index is -4.16. The number of nitrogens with one attached hydrogen (secondary N) is 1. The Morgan fingerprint density at radius 2 is 1.58 bits per heavy atom. The zero-order chi connectivity index (χ0) is 18.6. The molecule has 1 heterocycles. The maximum Gasteiger partial charge on any atom is 0.289 e. The summed E-state index contributed by atoms with van der Waals surface area (Å²) in [7, 11) is -4.16. The predicted molar refractivity (Wildman–Crippen MR) is 95.9 cm³/mol. The van der Waals surface area contributed by atoms with Crippen molar-refractivity contribution < 1.29 is 13.3 Å². The number of sulfonamides is 1. The molecule has 0 unspecified atom stereocenters. The van der Waals surface area contributed by atoms with Crippen molar-refractivity contribution in [1.82, 2.24) is 9.71 Å². The van der Waals surface area contributed by atoms with Gasteiger partial charge in [0.15, 0.2) is 4.90 Å². The van der Waals surface area contributed by atoms with Crippen molar-refractivity contribution in [1.29, 1.82) is 0 Å². The molecule has 2 aromatic carbocycles. The number of hydrogen-bond donors (Lipinski definition) is 1. The monoisotopic (exact) mass is 369 g/mol. The Bertz CT molecular complexity index is 969. The molecule has 0 amide bonds. The highest BCUT2D eigenvalue weighted by Gasteiger charge is 2.29. The van der Waals surface area contributed by atoms with Crippen LogP contribution < -0.4 is 4.72 Å². The van der Waals surface area contributed by atoms with Crippen molar-refractivity contribution in [3.63, 3.8) is 0 Å². The van der Waals surface area contributed by atoms with Gasteiger partial charge in [0.25, 0.3) is 5.69 Å². The predicted octanol–water partition coefficient (Wildman–Crippen LogP) is 3.06. The van der Waals surface area contributed by atoms with Crippen molar-refractivity contribution in [2.45, 2.75) is 10.9 Å². The summed E-state index contributed by atoms with van der Waals surface area (Å²) < 4.78 is 28.3. The molecule has 26 heavy (non-hydrogen) atoms. The molecular formula is C18H15N3O4S. The number of pyridine rings is 1. The molecule has 132 valence electrons. The molecule has 1 aromatic heterocycles. The minimum Gasteiger partial charge on any atom is -0.259 e. The second kappa shape index (κ2) is 7.42. The van der Waals surface area contributed by atoms with Gasteiger partial charge < -0.3 is 0 Å². The zero-order valence-corrected chi connectivity index (χ0v) is 14.3. The van der Waals surface area contributed by atoms with Crippen LogP contribution in [0.15, 0.2) is 83.9 Å². The third-order valence-electron chi connectivity index (χ3n) is 3.74. The van der Waals surface area contributed by atoms with E-state index in [0.29, 0.717) is 11.3 Å². The SMILES string of the molecule is O=[N+]([O-])c1ccccc1S(=O)(=O)N[C@H](c1ccccc1)c1ccccn1. The van der Waals surface area contributed by atoms with Crippen LogP contribution in [0.4, 0.5) is 5.69 Å². The zero-order valence-electron chi connectivity index (χ0n) is 13.5. The Hall–Kier alpha value is -3.10. The van der Waals surface area contributed by atoms with Crippen LogP contribution in [0, 0.1) is 10.1 Å². The lowest BCUT2D eigenvalue weighted by Gasteiger charge is -2.19. The van der Waals surface area contributed by atoms with Gasteiger partial charge in [-0.1, -0.05) is 48.5 Å². The summed E-state index contributed by atoms with van der Waals surface area (Å²) in [5.41, 5.74) is 0.682. The molecule has 1 N–H and O–H groups in total. The van der Waals surface area contributed by atoms with Gasteiger partial charge in [-0.3, -0.25) is 15.1 Å². The quantitative estimate of drug-likeness (QED) is 0.531. The fourth-order valence-electron chi connectivity index (χ4n) is 2.55. The Balaban J connectivity index is 2.06. The molecule has 1 atom stereocenters. The molecular weight excluding hydrogens is 354 g/mol. The van der Waals surface area contributed by atoms with Gasteiger partial charge in [0.2, 0.25) is 10.0 Å². The number of rotatable bonds is 6. The van der Waals surface area contributed by atoms with E-state index in [4.69, 9.17) is 0 Å². The van der Waals surface area contributed by atoms with Gasteiger partial charge >= 0.3 is 0 Å². The van der Waals surface area contributed by atoms with Gasteiger partial charge in [-0.2, -0.15) is 4.72 Å². The first-order chi connectivity index (χ1) is 12.5. The molecule has 0 aliphatic rings. The van der Waals surface area contributed by atoms with Crippen LogP contribution in [0.1, 0.15) is 17.3 Å². The van der Waals surface area contributed by atoms with Crippen molar-refractivity contribution >= 4 is 15.7 Å². The molecule has 0 aliphatic carbocycles. The van der Waals surface area contributed by atoms with Crippen LogP contribution in [-0.2, 0) is 10.0 Å². The molecule has 0 spiro atoms. The highest BCUT2D eigenvalue weighted by Crippen LogP contribution is 2.27. The van der Waals surface area contributed by atoms with E-state index in [0.717, 1.165) is 6.07 Å². The Labute approximate surface area is 150 Å². The molecule has 0 saturated carbocycles. The first kappa shape index (κ1) is 17.7. The highest BCUT2D eigenvalue weighted by molar-refractivity contribution is 7.89. The van der Waals surface area contributed by atoms with E-state index in [1.165, 1.54) is 18.2 Å². The van der Waals surface area contributed by atoms with Gasteiger partial charge in [-0.05, 0) is 23.8 Å². The van der Waals surface area contributed by atoms with Crippen LogP contribution in [0.25, 0.3) is 0 Å². The summed E-state index contributed by atoms with van der Waals surface area (Å²) in [5.74, 6) is 0. The average Bonchev–Trinajstić information content (AvgIpc) is 2.67. The van der Waals surface area contributed by atoms with Crippen molar-refractivity contribution in [2.75, 3.05) is 0 Å². The Kier molecular flexibility index (Phi) is 5.06. The van der Waals surface area contributed by atoms with Crippen molar-refractivity contribution in [2.24, 2.45) is 0 Å². The fourth-order valence-corrected chi connectivity index (χ4v) is 3.91. The molecule has 3 rings (SSSR count). The standard InChI is InChI=1S/C18H15N3O4S/c22-21(23)16-11-4-5-12-17(16)26(24,25)20-18(14-8-2-1-3-9-14)15-10-6-7-13-19-15/h1-13,18,20H/t18-/m1/s1. The number of nitrogens with zero attached hydrogens (tertiary/aromatic N) is 2. The molecule has 8 heteroatoms. The number of nitro groups is 1. The van der Waals surface area contributed by atoms with Gasteiger partial charge in [0.1, 0.15) is 0 Å². The van der Waals surface area contributed by atoms with Gasteiger partial charge in [0, 0.05) is 12.3 Å². The molecule has 7 nitrogen and oxygen atoms in total. The highest BCUT2D eigenvalue weighted by atomic mass is 32.2. The molecule has 3 aromatic rings. The van der Waals surface area contributed by atoms with Gasteiger partial charge in [0.05, 0.1) is 16.7 Å². The van der Waals surface area contributed by atoms with Crippen LogP contribution >= 0.6 is 0 Å². The molecule has 0 saturated heterocycles. The van der Waals surface area contributed by atoms with E-state index in [1.54, 1.807) is 48.7 Å². The largest absolute Gasteiger partial charge is 0.289 e. The number of hydrogen-bond acceptors (Lipinski definition) is 5. The fraction of sp³-hybridized carbons (Fsp3) is 0.0556. The first-order valence-electron chi connectivity index (χ1n) is 7.70. The maximum atomic E-state index is 12.9. The van der Waals surface area contributed by atoms with Crippen LogP contribution in [-0.4, -0.2) is 18.3 Å². The topological polar surface area (TPSA) is 102 Å². The van der Waals surface area contributed by atoms with E-state index in [2.05, 4.69) is 9.71 Å². The molecule has 0 bridgehead atoms. The summed E-state index contributed by atoms with van der Waals surface area (Å²) in [6, 6.07) is 18.5. The first-order valence-corrected chi connectivity index (χ1v) is 9.19. The van der Waals surface area contributed by atoms with E-state index in [1.807, 2.05) is 6.07 Å². The van der Waals surface area contributed by atoms with Gasteiger partial charge in [-0.15, -0.1) is 0 Å². The maximum absolute atomic E-state index is 12.9. The van der Waals surface area contributed by atoms with Crippen LogP contribution in [0.5, 0.6) is 0 Å². The summed E-state index contributed by atoms with van der Waals surface area (Å²) in [5, 5.41) is 11.2. The number of para-hydroxylation sites is 1. The third-order valence-corrected chi connectivity index (χ3v) is 5.21. The van der Waals surface area contributed by atoms with E-state index < -0.39 is 26.7 Å². The van der Waals surface area contributed by atoms with E-state index in [9.17, 15) is 18.5 Å². The second-order valence-electron chi connectivity index (χ2n) is 5.44. The summed E-state index contributed by atoms with van der Waals surface area (Å²) >= 11 is 0. The number of benzene rings is 2. The molecule has 0 radical (unpaired) electrons. The van der Waals surface area contributed by atoms with Crippen LogP contribution in [0.3, 0.4) is 0 Å². The third kappa shape index (κ3) is 3.76. The lowest BCUT2D eigenvalue weighted by molar-refractivity contribution is -0.387. The lowest BCUT2D eigenvalue weighted by atomic mass is 10.0. The summed E-state index contributed by atoms with van der Waals surface area (Å²) in [6.45, 7) is 0. The summed E-state index contributed by atoms with van der Waals surface area (Å²) in [6.07, 6.45) is 1.56. The Morgan fingerprint density at radius 1 is 0.923 bits per heavy atom. The van der Waals surface area contributed by atoms with Crippen LogP contribution in [0.2, 0.25) is 0 Å². The van der Waals surface area contributed by atoms with Crippen molar-refractivity contribution in [3.05, 3.63) is 100 Å². The smallest absolute Gasteiger partial charge is 0.259 e. The minimum absolute atomic E-state index is 0.387. The van der Waals surface area contributed by atoms with E-state index >= 15 is 0 Å². The summed E-state index contributed by atoms with van der Waals surface area (Å²) in [4.78, 5) is 14.3. The molecule has 0 aliphatic heterocycles. The van der Waals surface area contributed by atoms with Crippen molar-refractivity contribution in [3.8, 4) is 0 Å². The molecule has 0 fully saturated rings. The van der Waals surface area contributed by atoms with Gasteiger partial charge in [-0.25, -0.2) is 8.42 Å². The van der Waals surface area contributed by atoms with E-state index in [-0.39, 0.29) is 4.90 Å².